The molecular formula is C12H11N3. The fraction of sp³-hybridized carbons (Fsp3) is 0.167. The molecule has 0 atom stereocenters. The van der Waals surface area contributed by atoms with E-state index < -0.39 is 0 Å². The van der Waals surface area contributed by atoms with E-state index in [0.29, 0.717) is 6.42 Å². The van der Waals surface area contributed by atoms with Crippen LogP contribution < -0.4 is 0 Å². The fourth-order valence-corrected chi connectivity index (χ4v) is 1.51. The highest BCUT2D eigenvalue weighted by molar-refractivity contribution is 5.41. The number of hydrogen-bond donors (Lipinski definition) is 0. The Balaban J connectivity index is 2.48. The molecule has 74 valence electrons. The lowest BCUT2D eigenvalue weighted by molar-refractivity contribution is 0.868. The van der Waals surface area contributed by atoms with Crippen molar-refractivity contribution >= 4 is 0 Å². The molecule has 2 rings (SSSR count). The van der Waals surface area contributed by atoms with Gasteiger partial charge in [0.05, 0.1) is 24.4 Å². The average Bonchev–Trinajstić information content (AvgIpc) is 2.66. The van der Waals surface area contributed by atoms with Crippen molar-refractivity contribution in [3.05, 3.63) is 47.8 Å². The Morgan fingerprint density at radius 1 is 1.40 bits per heavy atom. The molecule has 3 heteroatoms. The third-order valence-electron chi connectivity index (χ3n) is 2.22. The molecule has 1 heterocycles. The number of nitriles is 1. The molecule has 0 aliphatic rings. The van der Waals surface area contributed by atoms with E-state index >= 15 is 0 Å². The second kappa shape index (κ2) is 3.97. The van der Waals surface area contributed by atoms with E-state index in [2.05, 4.69) is 11.2 Å². The first-order chi connectivity index (χ1) is 7.31. The molecule has 0 bridgehead atoms. The van der Waals surface area contributed by atoms with E-state index in [9.17, 15) is 0 Å². The van der Waals surface area contributed by atoms with Gasteiger partial charge in [-0.2, -0.15) is 10.4 Å². The van der Waals surface area contributed by atoms with Crippen LogP contribution in [0.3, 0.4) is 0 Å². The molecule has 2 aromatic rings. The summed E-state index contributed by atoms with van der Waals surface area (Å²) >= 11 is 0. The van der Waals surface area contributed by atoms with Gasteiger partial charge in [-0.1, -0.05) is 18.2 Å². The zero-order valence-electron chi connectivity index (χ0n) is 8.51. The van der Waals surface area contributed by atoms with E-state index in [0.717, 1.165) is 16.8 Å². The molecule has 0 aliphatic heterocycles. The summed E-state index contributed by atoms with van der Waals surface area (Å²) in [6, 6.07) is 9.97. The Kier molecular flexibility index (Phi) is 2.51. The van der Waals surface area contributed by atoms with Crippen LogP contribution in [0.25, 0.3) is 5.69 Å². The van der Waals surface area contributed by atoms with Crippen molar-refractivity contribution < 1.29 is 0 Å². The highest BCUT2D eigenvalue weighted by Gasteiger charge is 2.03. The summed E-state index contributed by atoms with van der Waals surface area (Å²) in [5.74, 6) is 0. The van der Waals surface area contributed by atoms with E-state index in [1.54, 1.807) is 0 Å². The second-order valence-corrected chi connectivity index (χ2v) is 3.43. The van der Waals surface area contributed by atoms with Crippen LogP contribution in [0.4, 0.5) is 0 Å². The number of nitrogens with zero attached hydrogens (tertiary/aromatic N) is 3. The van der Waals surface area contributed by atoms with Gasteiger partial charge in [0.15, 0.2) is 0 Å². The Morgan fingerprint density at radius 2 is 2.20 bits per heavy atom. The van der Waals surface area contributed by atoms with Crippen molar-refractivity contribution in [3.63, 3.8) is 0 Å². The average molecular weight is 197 g/mol. The molecule has 0 N–H and O–H groups in total. The number of aryl methyl sites for hydroxylation is 1. The molecule has 15 heavy (non-hydrogen) atoms. The normalized spacial score (nSPS) is 9.87. The van der Waals surface area contributed by atoms with Gasteiger partial charge in [0.2, 0.25) is 0 Å². The van der Waals surface area contributed by atoms with Crippen LogP contribution in [0.5, 0.6) is 0 Å². The number of rotatable bonds is 2. The molecule has 0 amide bonds. The fourth-order valence-electron chi connectivity index (χ4n) is 1.51. The van der Waals surface area contributed by atoms with Gasteiger partial charge < -0.3 is 0 Å². The Hall–Kier alpha value is -2.08. The van der Waals surface area contributed by atoms with Crippen LogP contribution in [0.15, 0.2) is 36.7 Å². The predicted octanol–water partition coefficient (Wildman–Crippen LogP) is 2.25. The predicted molar refractivity (Wildman–Crippen MR) is 57.6 cm³/mol. The summed E-state index contributed by atoms with van der Waals surface area (Å²) < 4.78 is 1.81. The van der Waals surface area contributed by atoms with Gasteiger partial charge in [-0.3, -0.25) is 0 Å². The standard InChI is InChI=1S/C12H11N3/c1-10-8-14-15(9-10)12-5-3-2-4-11(12)6-7-13/h2-5,8-9H,6H2,1H3. The number of para-hydroxylation sites is 1. The summed E-state index contributed by atoms with van der Waals surface area (Å²) in [5, 5.41) is 13.0. The van der Waals surface area contributed by atoms with E-state index in [4.69, 9.17) is 5.26 Å². The van der Waals surface area contributed by atoms with Gasteiger partial charge >= 0.3 is 0 Å². The van der Waals surface area contributed by atoms with Crippen LogP contribution in [-0.2, 0) is 6.42 Å². The van der Waals surface area contributed by atoms with Crippen LogP contribution in [0.1, 0.15) is 11.1 Å². The molecular weight excluding hydrogens is 186 g/mol. The molecule has 0 saturated carbocycles. The highest BCUT2D eigenvalue weighted by Crippen LogP contribution is 2.14. The lowest BCUT2D eigenvalue weighted by Gasteiger charge is -2.05. The van der Waals surface area contributed by atoms with Crippen LogP contribution in [0.2, 0.25) is 0 Å². The SMILES string of the molecule is Cc1cnn(-c2ccccc2CC#N)c1. The smallest absolute Gasteiger partial charge is 0.0688 e. The number of hydrogen-bond acceptors (Lipinski definition) is 2. The molecule has 0 saturated heterocycles. The first kappa shape index (κ1) is 9.47. The van der Waals surface area contributed by atoms with Gasteiger partial charge in [-0.25, -0.2) is 4.68 Å². The van der Waals surface area contributed by atoms with E-state index in [-0.39, 0.29) is 0 Å². The highest BCUT2D eigenvalue weighted by atomic mass is 15.3. The Bertz CT molecular complexity index is 506. The van der Waals surface area contributed by atoms with Gasteiger partial charge in [0, 0.05) is 6.20 Å². The maximum Gasteiger partial charge on any atom is 0.0688 e. The summed E-state index contributed by atoms with van der Waals surface area (Å²) in [7, 11) is 0. The topological polar surface area (TPSA) is 41.6 Å². The zero-order valence-corrected chi connectivity index (χ0v) is 8.51. The van der Waals surface area contributed by atoms with Crippen LogP contribution in [-0.4, -0.2) is 9.78 Å². The van der Waals surface area contributed by atoms with E-state index in [1.807, 2.05) is 48.3 Å². The Labute approximate surface area is 88.6 Å². The largest absolute Gasteiger partial charge is 0.240 e. The monoisotopic (exact) mass is 197 g/mol. The lowest BCUT2D eigenvalue weighted by Crippen LogP contribution is -1.99. The number of aromatic nitrogens is 2. The first-order valence-electron chi connectivity index (χ1n) is 4.78. The van der Waals surface area contributed by atoms with Crippen LogP contribution in [0, 0.1) is 18.3 Å². The Morgan fingerprint density at radius 3 is 2.87 bits per heavy atom. The van der Waals surface area contributed by atoms with Crippen molar-refractivity contribution in [1.82, 2.24) is 9.78 Å². The summed E-state index contributed by atoms with van der Waals surface area (Å²) in [6.45, 7) is 2.00. The summed E-state index contributed by atoms with van der Waals surface area (Å²) in [6.07, 6.45) is 4.18. The molecule has 3 nitrogen and oxygen atoms in total. The number of benzene rings is 1. The van der Waals surface area contributed by atoms with Gasteiger partial charge in [0.1, 0.15) is 0 Å². The molecule has 0 fully saturated rings. The van der Waals surface area contributed by atoms with Crippen molar-refractivity contribution in [2.45, 2.75) is 13.3 Å². The quantitative estimate of drug-likeness (QED) is 0.740. The lowest BCUT2D eigenvalue weighted by atomic mass is 10.1. The minimum absolute atomic E-state index is 0.412. The molecule has 1 aromatic carbocycles. The minimum atomic E-state index is 0.412. The summed E-state index contributed by atoms with van der Waals surface area (Å²) in [5.41, 5.74) is 3.09. The van der Waals surface area contributed by atoms with Gasteiger partial charge in [-0.15, -0.1) is 0 Å². The maximum absolute atomic E-state index is 8.72. The molecule has 0 unspecified atom stereocenters. The van der Waals surface area contributed by atoms with Gasteiger partial charge in [0.25, 0.3) is 0 Å². The second-order valence-electron chi connectivity index (χ2n) is 3.43. The third kappa shape index (κ3) is 1.89. The van der Waals surface area contributed by atoms with Crippen LogP contribution >= 0.6 is 0 Å². The van der Waals surface area contributed by atoms with E-state index in [1.165, 1.54) is 0 Å². The molecule has 0 aliphatic carbocycles. The molecule has 0 radical (unpaired) electrons. The maximum atomic E-state index is 8.72. The minimum Gasteiger partial charge on any atom is -0.240 e. The zero-order chi connectivity index (χ0) is 10.7. The molecule has 0 spiro atoms. The third-order valence-corrected chi connectivity index (χ3v) is 2.22. The first-order valence-corrected chi connectivity index (χ1v) is 4.78. The van der Waals surface area contributed by atoms with Crippen molar-refractivity contribution in [2.24, 2.45) is 0 Å². The molecule has 1 aromatic heterocycles. The van der Waals surface area contributed by atoms with Gasteiger partial charge in [-0.05, 0) is 24.1 Å². The van der Waals surface area contributed by atoms with Crippen molar-refractivity contribution in [3.8, 4) is 11.8 Å². The summed E-state index contributed by atoms with van der Waals surface area (Å²) in [4.78, 5) is 0. The van der Waals surface area contributed by atoms with Crippen molar-refractivity contribution in [2.75, 3.05) is 0 Å². The van der Waals surface area contributed by atoms with Crippen molar-refractivity contribution in [1.29, 1.82) is 5.26 Å².